The maximum atomic E-state index is 13.9. The van der Waals surface area contributed by atoms with E-state index in [4.69, 9.17) is 9.57 Å². The number of aliphatic hydroxyl groups is 1. The van der Waals surface area contributed by atoms with Crippen LogP contribution in [-0.2, 0) is 15.8 Å². The number of methoxy groups -OCH3 is 1. The third-order valence-corrected chi connectivity index (χ3v) is 6.86. The van der Waals surface area contributed by atoms with Crippen molar-refractivity contribution in [2.75, 3.05) is 19.0 Å². The number of fused-ring (bicyclic) bond motifs is 2. The Hall–Kier alpha value is -3.32. The van der Waals surface area contributed by atoms with Gasteiger partial charge in [-0.25, -0.2) is 13.2 Å². The van der Waals surface area contributed by atoms with Gasteiger partial charge in [0.2, 0.25) is 5.91 Å². The van der Waals surface area contributed by atoms with E-state index < -0.39 is 65.1 Å². The molecule has 2 saturated carbocycles. The minimum absolute atomic E-state index is 0.120. The highest BCUT2D eigenvalue weighted by atomic mass is 19.4. The number of carbonyl (C=O) groups excluding carboxylic acids is 1. The predicted molar refractivity (Wildman–Crippen MR) is 124 cm³/mol. The lowest BCUT2D eigenvalue weighted by Gasteiger charge is -2.32. The minimum atomic E-state index is -4.97. The first-order valence-electron chi connectivity index (χ1n) is 11.8. The molecule has 2 bridgehead atoms. The molecule has 0 heterocycles. The number of ether oxygens (including phenoxy) is 1. The highest BCUT2D eigenvalue weighted by molar-refractivity contribution is 6.03. The van der Waals surface area contributed by atoms with E-state index in [1.807, 2.05) is 0 Å². The van der Waals surface area contributed by atoms with Crippen molar-refractivity contribution >= 4 is 17.3 Å². The number of alkyl halides is 3. The second-order valence-corrected chi connectivity index (χ2v) is 9.03. The standard InChI is InChI=1S/C25H25F6N3O4/c1-3-38-34-21-12-5-6-13(21)22(33-23(35)14-9-17(27)18(28)10-19(14)37-2)20(12)24(36)32-11-4-7-16(26)15(8-11)25(29,30)31/h4,7-10,12-13,20,22-23,33,35H,3,5-6H2,1-2H3,(H,32,36)/b34-21-/t12?,13?,20-,22+,23?/m0/s1. The first-order valence-corrected chi connectivity index (χ1v) is 11.8. The molecule has 13 heteroatoms. The first kappa shape index (κ1) is 27.7. The second-order valence-electron chi connectivity index (χ2n) is 9.03. The molecule has 0 aliphatic heterocycles. The van der Waals surface area contributed by atoms with Crippen LogP contribution < -0.4 is 15.4 Å². The Bertz CT molecular complexity index is 1240. The fraction of sp³-hybridized carbons (Fsp3) is 0.440. The third-order valence-electron chi connectivity index (χ3n) is 6.86. The van der Waals surface area contributed by atoms with Gasteiger partial charge in [-0.3, -0.25) is 10.1 Å². The molecule has 0 saturated heterocycles. The normalized spacial score (nSPS) is 24.5. The van der Waals surface area contributed by atoms with E-state index in [1.165, 1.54) is 7.11 Å². The first-order chi connectivity index (χ1) is 18.0. The number of aliphatic hydroxyl groups excluding tert-OH is 1. The topological polar surface area (TPSA) is 92.2 Å². The summed E-state index contributed by atoms with van der Waals surface area (Å²) in [6.45, 7) is 1.97. The molecule has 2 aliphatic rings. The molecule has 2 fully saturated rings. The van der Waals surface area contributed by atoms with Crippen molar-refractivity contribution < 1.29 is 45.8 Å². The Kier molecular flexibility index (Phi) is 7.88. The van der Waals surface area contributed by atoms with Crippen molar-refractivity contribution in [3.63, 3.8) is 0 Å². The molecule has 1 amide bonds. The Morgan fingerprint density at radius 3 is 2.45 bits per heavy atom. The van der Waals surface area contributed by atoms with Crippen LogP contribution in [0.3, 0.4) is 0 Å². The summed E-state index contributed by atoms with van der Waals surface area (Å²) in [7, 11) is 1.21. The summed E-state index contributed by atoms with van der Waals surface area (Å²) in [5.74, 6) is -6.51. The van der Waals surface area contributed by atoms with Gasteiger partial charge in [0.05, 0.1) is 24.3 Å². The average Bonchev–Trinajstić information content (AvgIpc) is 3.39. The molecule has 4 rings (SSSR count). The fourth-order valence-corrected chi connectivity index (χ4v) is 5.25. The van der Waals surface area contributed by atoms with Crippen LogP contribution in [0.25, 0.3) is 0 Å². The third kappa shape index (κ3) is 5.30. The van der Waals surface area contributed by atoms with Gasteiger partial charge in [-0.1, -0.05) is 5.16 Å². The molecular weight excluding hydrogens is 520 g/mol. The molecule has 7 nitrogen and oxygen atoms in total. The Balaban J connectivity index is 1.64. The molecule has 0 spiro atoms. The molecule has 0 aromatic heterocycles. The number of benzene rings is 2. The second kappa shape index (κ2) is 10.8. The van der Waals surface area contributed by atoms with E-state index in [-0.39, 0.29) is 23.6 Å². The summed E-state index contributed by atoms with van der Waals surface area (Å²) in [4.78, 5) is 18.6. The molecule has 2 aromatic rings. The number of nitrogens with one attached hydrogen (secondary N) is 2. The zero-order valence-electron chi connectivity index (χ0n) is 20.3. The molecule has 38 heavy (non-hydrogen) atoms. The summed E-state index contributed by atoms with van der Waals surface area (Å²) >= 11 is 0. The average molecular weight is 545 g/mol. The van der Waals surface area contributed by atoms with E-state index in [0.29, 0.717) is 30.7 Å². The van der Waals surface area contributed by atoms with Crippen molar-refractivity contribution in [2.24, 2.45) is 22.9 Å². The van der Waals surface area contributed by atoms with Gasteiger partial charge in [0.25, 0.3) is 0 Å². The molecule has 2 aliphatic carbocycles. The largest absolute Gasteiger partial charge is 0.496 e. The van der Waals surface area contributed by atoms with Crippen LogP contribution in [0.15, 0.2) is 35.5 Å². The van der Waals surface area contributed by atoms with Crippen LogP contribution in [0.2, 0.25) is 0 Å². The zero-order chi connectivity index (χ0) is 27.8. The van der Waals surface area contributed by atoms with Gasteiger partial charge in [0.15, 0.2) is 11.6 Å². The van der Waals surface area contributed by atoms with Crippen LogP contribution in [-0.4, -0.2) is 36.5 Å². The van der Waals surface area contributed by atoms with Crippen molar-refractivity contribution in [3.8, 4) is 5.75 Å². The van der Waals surface area contributed by atoms with Gasteiger partial charge in [-0.05, 0) is 44.0 Å². The SMILES string of the molecule is CCO/N=C1\C2CCC1[C@H](C(=O)Nc1ccc(F)c(C(F)(F)F)c1)[C@@H]2NC(O)c1cc(F)c(F)cc1OC. The summed E-state index contributed by atoms with van der Waals surface area (Å²) in [6, 6.07) is 2.85. The quantitative estimate of drug-likeness (QED) is 0.253. The maximum Gasteiger partial charge on any atom is 0.419 e. The van der Waals surface area contributed by atoms with Crippen LogP contribution in [0, 0.1) is 35.2 Å². The Morgan fingerprint density at radius 2 is 1.79 bits per heavy atom. The number of hydrogen-bond acceptors (Lipinski definition) is 6. The van der Waals surface area contributed by atoms with Crippen LogP contribution in [0.4, 0.5) is 32.0 Å². The lowest BCUT2D eigenvalue weighted by atomic mass is 9.83. The van der Waals surface area contributed by atoms with E-state index in [1.54, 1.807) is 6.92 Å². The maximum absolute atomic E-state index is 13.9. The lowest BCUT2D eigenvalue weighted by molar-refractivity contribution is -0.140. The number of anilines is 1. The summed E-state index contributed by atoms with van der Waals surface area (Å²) < 4.78 is 85.9. The fourth-order valence-electron chi connectivity index (χ4n) is 5.25. The monoisotopic (exact) mass is 545 g/mol. The van der Waals surface area contributed by atoms with Gasteiger partial charge in [0, 0.05) is 35.2 Å². The summed E-state index contributed by atoms with van der Waals surface area (Å²) in [5, 5.41) is 20.3. The van der Waals surface area contributed by atoms with E-state index in [9.17, 15) is 36.2 Å². The molecular formula is C25H25F6N3O4. The molecule has 0 radical (unpaired) electrons. The summed E-state index contributed by atoms with van der Waals surface area (Å²) in [6.07, 6.45) is -5.48. The van der Waals surface area contributed by atoms with Crippen LogP contribution in [0.1, 0.15) is 37.1 Å². The Labute approximate surface area is 213 Å². The van der Waals surface area contributed by atoms with Gasteiger partial charge in [-0.15, -0.1) is 0 Å². The number of oxime groups is 1. The number of halogens is 6. The highest BCUT2D eigenvalue weighted by Gasteiger charge is 2.56. The van der Waals surface area contributed by atoms with Crippen LogP contribution in [0.5, 0.6) is 5.75 Å². The summed E-state index contributed by atoms with van der Waals surface area (Å²) in [5.41, 5.74) is -1.37. The van der Waals surface area contributed by atoms with E-state index in [2.05, 4.69) is 15.8 Å². The van der Waals surface area contributed by atoms with Crippen LogP contribution >= 0.6 is 0 Å². The highest BCUT2D eigenvalue weighted by Crippen LogP contribution is 2.48. The minimum Gasteiger partial charge on any atom is -0.496 e. The van der Waals surface area contributed by atoms with Gasteiger partial charge >= 0.3 is 6.18 Å². The molecule has 2 aromatic carbocycles. The number of nitrogens with zero attached hydrogens (tertiary/aromatic N) is 1. The number of carbonyl (C=O) groups is 1. The zero-order valence-corrected chi connectivity index (χ0v) is 20.3. The molecule has 3 unspecified atom stereocenters. The lowest BCUT2D eigenvalue weighted by Crippen LogP contribution is -2.47. The van der Waals surface area contributed by atoms with Crippen molar-refractivity contribution in [3.05, 3.63) is 58.9 Å². The molecule has 3 N–H and O–H groups in total. The number of rotatable bonds is 8. The van der Waals surface area contributed by atoms with Crippen molar-refractivity contribution in [2.45, 2.75) is 38.2 Å². The van der Waals surface area contributed by atoms with E-state index in [0.717, 1.165) is 18.2 Å². The number of amides is 1. The Morgan fingerprint density at radius 1 is 1.11 bits per heavy atom. The molecule has 206 valence electrons. The van der Waals surface area contributed by atoms with Crippen molar-refractivity contribution in [1.82, 2.24) is 5.32 Å². The molecule has 5 atom stereocenters. The van der Waals surface area contributed by atoms with Gasteiger partial charge in [-0.2, -0.15) is 13.2 Å². The van der Waals surface area contributed by atoms with Gasteiger partial charge < -0.3 is 20.0 Å². The number of hydrogen-bond donors (Lipinski definition) is 3. The predicted octanol–water partition coefficient (Wildman–Crippen LogP) is 4.77. The van der Waals surface area contributed by atoms with E-state index >= 15 is 0 Å². The van der Waals surface area contributed by atoms with Gasteiger partial charge in [0.1, 0.15) is 24.4 Å². The smallest absolute Gasteiger partial charge is 0.419 e. The van der Waals surface area contributed by atoms with Crippen molar-refractivity contribution in [1.29, 1.82) is 0 Å².